The van der Waals surface area contributed by atoms with E-state index < -0.39 is 8.32 Å². The first kappa shape index (κ1) is 30.9. The molecule has 0 saturated carbocycles. The van der Waals surface area contributed by atoms with Crippen LogP contribution in [-0.4, -0.2) is 26.5 Å². The van der Waals surface area contributed by atoms with Gasteiger partial charge in [-0.25, -0.2) is 0 Å². The van der Waals surface area contributed by atoms with Crippen molar-refractivity contribution < 1.29 is 14.0 Å². The van der Waals surface area contributed by atoms with Crippen LogP contribution < -0.4 is 0 Å². The van der Waals surface area contributed by atoms with Crippen molar-refractivity contribution in [3.05, 3.63) is 34.9 Å². The topological polar surface area (TPSA) is 35.5 Å². The van der Waals surface area contributed by atoms with Crippen LogP contribution in [0.25, 0.3) is 0 Å². The monoisotopic (exact) mass is 490 g/mol. The Kier molecular flexibility index (Phi) is 11.6. The molecular formula is C30H54O3Si. The zero-order valence-electron chi connectivity index (χ0n) is 24.5. The Balaban J connectivity index is 3.36. The van der Waals surface area contributed by atoms with Crippen LogP contribution in [-0.2, 0) is 14.0 Å². The number of rotatable bonds is 11. The lowest BCUT2D eigenvalue weighted by Crippen LogP contribution is -2.50. The molecule has 0 fully saturated rings. The van der Waals surface area contributed by atoms with E-state index in [2.05, 4.69) is 101 Å². The predicted molar refractivity (Wildman–Crippen MR) is 149 cm³/mol. The van der Waals surface area contributed by atoms with Crippen molar-refractivity contribution in [2.75, 3.05) is 0 Å². The first-order valence-corrected chi connectivity index (χ1v) is 16.4. The van der Waals surface area contributed by atoms with Crippen LogP contribution in [0.15, 0.2) is 34.9 Å². The molecule has 1 aliphatic carbocycles. The summed E-state index contributed by atoms with van der Waals surface area (Å²) in [4.78, 5) is 12.0. The van der Waals surface area contributed by atoms with Gasteiger partial charge in [-0.15, -0.1) is 0 Å². The van der Waals surface area contributed by atoms with Crippen LogP contribution in [0.1, 0.15) is 95.4 Å². The van der Waals surface area contributed by atoms with E-state index in [1.54, 1.807) is 0 Å². The van der Waals surface area contributed by atoms with Crippen molar-refractivity contribution in [3.63, 3.8) is 0 Å². The molecule has 4 heteroatoms. The number of carbonyl (C=O) groups excluding carboxylic acids is 1. The van der Waals surface area contributed by atoms with Gasteiger partial charge in [0.05, 0.1) is 6.10 Å². The van der Waals surface area contributed by atoms with E-state index in [0.717, 1.165) is 19.3 Å². The molecule has 196 valence electrons. The Morgan fingerprint density at radius 2 is 1.74 bits per heavy atom. The molecule has 0 N–H and O–H groups in total. The van der Waals surface area contributed by atoms with Gasteiger partial charge in [-0.3, -0.25) is 4.79 Å². The highest BCUT2D eigenvalue weighted by molar-refractivity contribution is 6.74. The van der Waals surface area contributed by atoms with Crippen LogP contribution in [0.4, 0.5) is 0 Å². The van der Waals surface area contributed by atoms with Crippen LogP contribution in [0.2, 0.25) is 18.1 Å². The van der Waals surface area contributed by atoms with Crippen molar-refractivity contribution in [2.24, 2.45) is 23.7 Å². The number of hydrogen-bond acceptors (Lipinski definition) is 3. The average molecular weight is 491 g/mol. The van der Waals surface area contributed by atoms with Crippen molar-refractivity contribution in [1.29, 1.82) is 0 Å². The minimum Gasteiger partial charge on any atom is -0.462 e. The van der Waals surface area contributed by atoms with E-state index in [-0.39, 0.29) is 41.0 Å². The molecule has 0 spiro atoms. The zero-order valence-corrected chi connectivity index (χ0v) is 25.5. The maximum Gasteiger partial charge on any atom is 0.302 e. The number of allylic oxidation sites excluding steroid dienone is 5. The minimum absolute atomic E-state index is 0.0173. The van der Waals surface area contributed by atoms with Crippen molar-refractivity contribution in [1.82, 2.24) is 0 Å². The number of ether oxygens (including phenoxy) is 1. The predicted octanol–water partition coefficient (Wildman–Crippen LogP) is 8.88. The molecule has 3 nitrogen and oxygen atoms in total. The first-order chi connectivity index (χ1) is 15.5. The molecule has 6 atom stereocenters. The third-order valence-corrected chi connectivity index (χ3v) is 12.5. The maximum absolute atomic E-state index is 12.0. The molecule has 1 rings (SSSR count). The van der Waals surface area contributed by atoms with E-state index in [0.29, 0.717) is 5.92 Å². The van der Waals surface area contributed by atoms with Gasteiger partial charge < -0.3 is 9.16 Å². The lowest BCUT2D eigenvalue weighted by Gasteiger charge is -2.44. The maximum atomic E-state index is 12.0. The summed E-state index contributed by atoms with van der Waals surface area (Å²) in [6.07, 6.45) is 10.2. The highest BCUT2D eigenvalue weighted by Gasteiger charge is 2.43. The molecule has 0 unspecified atom stereocenters. The third kappa shape index (κ3) is 8.51. The molecule has 0 aromatic carbocycles. The Labute approximate surface area is 212 Å². The van der Waals surface area contributed by atoms with E-state index in [4.69, 9.17) is 9.16 Å². The molecule has 1 aliphatic rings. The van der Waals surface area contributed by atoms with Gasteiger partial charge in [0.25, 0.3) is 0 Å². The van der Waals surface area contributed by atoms with E-state index in [1.165, 1.54) is 23.6 Å². The van der Waals surface area contributed by atoms with Crippen molar-refractivity contribution >= 4 is 14.3 Å². The molecule has 0 aliphatic heterocycles. The molecule has 0 aromatic heterocycles. The normalized spacial score (nSPS) is 23.3. The molecular weight excluding hydrogens is 436 g/mol. The molecule has 0 aromatic rings. The number of hydrogen-bond donors (Lipinski definition) is 0. The molecule has 0 bridgehead atoms. The molecule has 0 saturated heterocycles. The van der Waals surface area contributed by atoms with Crippen LogP contribution in [0, 0.1) is 23.7 Å². The Hall–Kier alpha value is -1.13. The van der Waals surface area contributed by atoms with E-state index in [1.807, 2.05) is 0 Å². The van der Waals surface area contributed by atoms with Gasteiger partial charge in [-0.2, -0.15) is 0 Å². The lowest BCUT2D eigenvalue weighted by atomic mass is 9.82. The van der Waals surface area contributed by atoms with Gasteiger partial charge in [-0.1, -0.05) is 92.5 Å². The van der Waals surface area contributed by atoms with Gasteiger partial charge in [0.1, 0.15) is 6.10 Å². The molecule has 0 amide bonds. The van der Waals surface area contributed by atoms with Crippen LogP contribution >= 0.6 is 0 Å². The zero-order chi connectivity index (χ0) is 26.4. The largest absolute Gasteiger partial charge is 0.462 e. The fourth-order valence-electron chi connectivity index (χ4n) is 4.88. The fraction of sp³-hybridized carbons (Fsp3) is 0.767. The SMILES string of the molecule is CCC1=C[C@H](C)C/C1=C\C(C)=C/[C@@H](C)[C@@H](O[Si](C)(C)C(C)(C)C)[C@@H](C)[C@H](OC(C)=O)[C@@H](C)CC. The van der Waals surface area contributed by atoms with Crippen molar-refractivity contribution in [2.45, 2.75) is 126 Å². The summed E-state index contributed by atoms with van der Waals surface area (Å²) in [6, 6.07) is 0. The van der Waals surface area contributed by atoms with Gasteiger partial charge in [0.15, 0.2) is 8.32 Å². The van der Waals surface area contributed by atoms with Gasteiger partial charge in [-0.05, 0) is 66.8 Å². The summed E-state index contributed by atoms with van der Waals surface area (Å²) in [5.74, 6) is 0.997. The average Bonchev–Trinajstić information content (AvgIpc) is 3.06. The second-order valence-electron chi connectivity index (χ2n) is 12.3. The summed E-state index contributed by atoms with van der Waals surface area (Å²) in [7, 11) is -2.03. The fourth-order valence-corrected chi connectivity index (χ4v) is 6.34. The summed E-state index contributed by atoms with van der Waals surface area (Å²) >= 11 is 0. The van der Waals surface area contributed by atoms with Crippen molar-refractivity contribution in [3.8, 4) is 0 Å². The lowest BCUT2D eigenvalue weighted by molar-refractivity contribution is -0.155. The summed E-state index contributed by atoms with van der Waals surface area (Å²) < 4.78 is 13.0. The van der Waals surface area contributed by atoms with E-state index >= 15 is 0 Å². The number of carbonyl (C=O) groups is 1. The van der Waals surface area contributed by atoms with Gasteiger partial charge >= 0.3 is 5.97 Å². The standard InChI is InChI=1S/C30H54O3Si/c1-14-22(5)28(32-25(8)31)24(7)29(33-34(12,13)30(9,10)11)23(6)16-20(3)18-27-19-21(4)17-26(27)15-2/h16-18,21-24,28-29H,14-15,19H2,1-13H3/b20-16-,27-18+/t21-,22-,23+,24-,28+,29+/m0/s1. The molecule has 0 heterocycles. The second kappa shape index (κ2) is 12.7. The Morgan fingerprint density at radius 3 is 2.21 bits per heavy atom. The Bertz CT molecular complexity index is 768. The summed E-state index contributed by atoms with van der Waals surface area (Å²) in [6.45, 7) is 28.6. The summed E-state index contributed by atoms with van der Waals surface area (Å²) in [5, 5.41) is 0.111. The van der Waals surface area contributed by atoms with Gasteiger partial charge in [0.2, 0.25) is 0 Å². The Morgan fingerprint density at radius 1 is 1.15 bits per heavy atom. The number of esters is 1. The minimum atomic E-state index is -2.03. The van der Waals surface area contributed by atoms with Gasteiger partial charge in [0, 0.05) is 12.8 Å². The van der Waals surface area contributed by atoms with Crippen LogP contribution in [0.5, 0.6) is 0 Å². The van der Waals surface area contributed by atoms with E-state index in [9.17, 15) is 4.79 Å². The highest BCUT2D eigenvalue weighted by Crippen LogP contribution is 2.41. The molecule has 0 radical (unpaired) electrons. The van der Waals surface area contributed by atoms with Crippen LogP contribution in [0.3, 0.4) is 0 Å². The quantitative estimate of drug-likeness (QED) is 0.214. The first-order valence-electron chi connectivity index (χ1n) is 13.5. The summed E-state index contributed by atoms with van der Waals surface area (Å²) in [5.41, 5.74) is 4.25. The smallest absolute Gasteiger partial charge is 0.302 e. The highest BCUT2D eigenvalue weighted by atomic mass is 28.4. The second-order valence-corrected chi connectivity index (χ2v) is 17.1. The molecule has 34 heavy (non-hydrogen) atoms. The third-order valence-electron chi connectivity index (χ3n) is 8.05.